The summed E-state index contributed by atoms with van der Waals surface area (Å²) < 4.78 is 0. The van der Waals surface area contributed by atoms with Gasteiger partial charge in [0.05, 0.1) is 0 Å². The van der Waals surface area contributed by atoms with Gasteiger partial charge in [-0.1, -0.05) is 0 Å². The molecule has 0 aromatic rings. The van der Waals surface area contributed by atoms with Crippen molar-refractivity contribution in [1.29, 1.82) is 0 Å². The topological polar surface area (TPSA) is 35.5 Å². The summed E-state index contributed by atoms with van der Waals surface area (Å²) in [6.45, 7) is 4.95. The van der Waals surface area contributed by atoms with Crippen molar-refractivity contribution in [2.24, 2.45) is 5.92 Å². The lowest BCUT2D eigenvalue weighted by molar-refractivity contribution is 0.125. The molecule has 1 aliphatic heterocycles. The van der Waals surface area contributed by atoms with Crippen molar-refractivity contribution in [3.8, 4) is 0 Å². The summed E-state index contributed by atoms with van der Waals surface area (Å²) in [5.74, 6) is 0.972. The Labute approximate surface area is 80.1 Å². The van der Waals surface area contributed by atoms with E-state index in [1.165, 1.54) is 25.9 Å². The van der Waals surface area contributed by atoms with Crippen LogP contribution in [0.2, 0.25) is 0 Å². The quantitative estimate of drug-likeness (QED) is 0.648. The molecule has 13 heavy (non-hydrogen) atoms. The van der Waals surface area contributed by atoms with Gasteiger partial charge in [-0.25, -0.2) is 0 Å². The average Bonchev–Trinajstić information content (AvgIpc) is 2.93. The molecule has 2 N–H and O–H groups in total. The van der Waals surface area contributed by atoms with E-state index in [9.17, 15) is 0 Å². The molecule has 1 saturated heterocycles. The van der Waals surface area contributed by atoms with Gasteiger partial charge in [0.2, 0.25) is 0 Å². The molecule has 0 amide bonds. The molecule has 0 bridgehead atoms. The van der Waals surface area contributed by atoms with Crippen LogP contribution in [0, 0.1) is 5.92 Å². The Morgan fingerprint density at radius 1 is 1.38 bits per heavy atom. The van der Waals surface area contributed by atoms with Gasteiger partial charge in [-0.3, -0.25) is 4.90 Å². The van der Waals surface area contributed by atoms with E-state index in [2.05, 4.69) is 10.2 Å². The average molecular weight is 184 g/mol. The first-order valence-corrected chi connectivity index (χ1v) is 5.46. The molecule has 2 rings (SSSR count). The van der Waals surface area contributed by atoms with E-state index >= 15 is 0 Å². The minimum Gasteiger partial charge on any atom is -0.396 e. The molecule has 2 aliphatic rings. The molecule has 1 heterocycles. The summed E-state index contributed by atoms with van der Waals surface area (Å²) in [4.78, 5) is 2.56. The predicted octanol–water partition coefficient (Wildman–Crippen LogP) is 0.0526. The van der Waals surface area contributed by atoms with Gasteiger partial charge in [0.1, 0.15) is 0 Å². The zero-order chi connectivity index (χ0) is 9.10. The van der Waals surface area contributed by atoms with Crippen LogP contribution in [0.1, 0.15) is 19.3 Å². The van der Waals surface area contributed by atoms with Crippen LogP contribution >= 0.6 is 0 Å². The molecule has 3 heteroatoms. The molecule has 76 valence electrons. The van der Waals surface area contributed by atoms with E-state index in [4.69, 9.17) is 5.11 Å². The fourth-order valence-electron chi connectivity index (χ4n) is 2.11. The van der Waals surface area contributed by atoms with Crippen LogP contribution in [0.4, 0.5) is 0 Å². The number of aliphatic hydroxyl groups excluding tert-OH is 1. The molecule has 2 fully saturated rings. The second-order valence-corrected chi connectivity index (χ2v) is 4.31. The molecule has 0 aromatic carbocycles. The fraction of sp³-hybridized carbons (Fsp3) is 1.00. The largest absolute Gasteiger partial charge is 0.396 e. The second-order valence-electron chi connectivity index (χ2n) is 4.31. The first-order valence-electron chi connectivity index (χ1n) is 5.46. The Balaban J connectivity index is 1.79. The van der Waals surface area contributed by atoms with Crippen LogP contribution in [0.15, 0.2) is 0 Å². The van der Waals surface area contributed by atoms with Crippen LogP contribution in [0.5, 0.6) is 0 Å². The van der Waals surface area contributed by atoms with Crippen molar-refractivity contribution in [2.75, 3.05) is 32.8 Å². The molecule has 0 aromatic heterocycles. The Kier molecular flexibility index (Phi) is 3.19. The summed E-state index contributed by atoms with van der Waals surface area (Å²) >= 11 is 0. The lowest BCUT2D eigenvalue weighted by atomic mass is 10.1. The molecule has 0 radical (unpaired) electrons. The summed E-state index contributed by atoms with van der Waals surface area (Å²) in [7, 11) is 0. The van der Waals surface area contributed by atoms with Gasteiger partial charge in [0.25, 0.3) is 0 Å². The number of nitrogens with zero attached hydrogens (tertiary/aromatic N) is 1. The molecule has 3 nitrogen and oxygen atoms in total. The summed E-state index contributed by atoms with van der Waals surface area (Å²) in [6.07, 6.45) is 3.78. The molecule has 0 unspecified atom stereocenters. The number of piperazine rings is 1. The van der Waals surface area contributed by atoms with Gasteiger partial charge in [-0.15, -0.1) is 0 Å². The first-order chi connectivity index (χ1) is 6.40. The number of hydrogen-bond acceptors (Lipinski definition) is 3. The van der Waals surface area contributed by atoms with Crippen molar-refractivity contribution in [3.05, 3.63) is 0 Å². The van der Waals surface area contributed by atoms with Gasteiger partial charge in [-0.2, -0.15) is 0 Å². The van der Waals surface area contributed by atoms with Crippen LogP contribution in [0.3, 0.4) is 0 Å². The third-order valence-corrected chi connectivity index (χ3v) is 3.12. The van der Waals surface area contributed by atoms with Gasteiger partial charge in [0, 0.05) is 38.8 Å². The minimum absolute atomic E-state index is 0.327. The van der Waals surface area contributed by atoms with Crippen LogP contribution in [0.25, 0.3) is 0 Å². The van der Waals surface area contributed by atoms with Gasteiger partial charge in [0.15, 0.2) is 0 Å². The van der Waals surface area contributed by atoms with Gasteiger partial charge < -0.3 is 10.4 Å². The summed E-state index contributed by atoms with van der Waals surface area (Å²) in [5.41, 5.74) is 0. The highest BCUT2D eigenvalue weighted by atomic mass is 16.3. The van der Waals surface area contributed by atoms with E-state index in [-0.39, 0.29) is 0 Å². The molecule has 0 spiro atoms. The highest BCUT2D eigenvalue weighted by Gasteiger charge is 2.29. The van der Waals surface area contributed by atoms with Crippen LogP contribution in [-0.2, 0) is 0 Å². The second kappa shape index (κ2) is 4.40. The van der Waals surface area contributed by atoms with Gasteiger partial charge >= 0.3 is 0 Å². The van der Waals surface area contributed by atoms with Gasteiger partial charge in [-0.05, 0) is 25.2 Å². The van der Waals surface area contributed by atoms with E-state index in [0.29, 0.717) is 12.6 Å². The Bertz CT molecular complexity index is 157. The molecular weight excluding hydrogens is 164 g/mol. The molecule has 1 atom stereocenters. The first kappa shape index (κ1) is 9.44. The molecule has 1 aliphatic carbocycles. The van der Waals surface area contributed by atoms with E-state index in [1.807, 2.05) is 0 Å². The molecular formula is C10H20N2O. The number of hydrogen-bond donors (Lipinski definition) is 2. The van der Waals surface area contributed by atoms with Crippen molar-refractivity contribution >= 4 is 0 Å². The SMILES string of the molecule is OCC[C@H]1CNCCN1CC1CC1. The zero-order valence-corrected chi connectivity index (χ0v) is 8.21. The third-order valence-electron chi connectivity index (χ3n) is 3.12. The van der Waals surface area contributed by atoms with Crippen molar-refractivity contribution < 1.29 is 5.11 Å². The smallest absolute Gasteiger partial charge is 0.0446 e. The number of nitrogens with one attached hydrogen (secondary N) is 1. The van der Waals surface area contributed by atoms with Crippen molar-refractivity contribution in [2.45, 2.75) is 25.3 Å². The van der Waals surface area contributed by atoms with Crippen LogP contribution < -0.4 is 5.32 Å². The van der Waals surface area contributed by atoms with Crippen molar-refractivity contribution in [1.82, 2.24) is 10.2 Å². The zero-order valence-electron chi connectivity index (χ0n) is 8.21. The Morgan fingerprint density at radius 2 is 2.23 bits per heavy atom. The lowest BCUT2D eigenvalue weighted by Crippen LogP contribution is -2.52. The maximum Gasteiger partial charge on any atom is 0.0446 e. The molecule has 1 saturated carbocycles. The normalized spacial score (nSPS) is 30.7. The Morgan fingerprint density at radius 3 is 2.92 bits per heavy atom. The van der Waals surface area contributed by atoms with E-state index < -0.39 is 0 Å². The standard InChI is InChI=1S/C10H20N2O/c13-6-3-10-7-11-4-5-12(10)8-9-1-2-9/h9-11,13H,1-8H2/t10-/m0/s1. The maximum absolute atomic E-state index is 8.93. The lowest BCUT2D eigenvalue weighted by Gasteiger charge is -2.36. The highest BCUT2D eigenvalue weighted by molar-refractivity contribution is 4.85. The fourth-order valence-corrected chi connectivity index (χ4v) is 2.11. The van der Waals surface area contributed by atoms with E-state index in [0.717, 1.165) is 25.4 Å². The minimum atomic E-state index is 0.327. The summed E-state index contributed by atoms with van der Waals surface area (Å²) in [6, 6.07) is 0.583. The van der Waals surface area contributed by atoms with Crippen molar-refractivity contribution in [3.63, 3.8) is 0 Å². The Hall–Kier alpha value is -0.120. The highest BCUT2D eigenvalue weighted by Crippen LogP contribution is 2.30. The number of aliphatic hydroxyl groups is 1. The van der Waals surface area contributed by atoms with Crippen LogP contribution in [-0.4, -0.2) is 48.8 Å². The van der Waals surface area contributed by atoms with E-state index in [1.54, 1.807) is 0 Å². The summed E-state index contributed by atoms with van der Waals surface area (Å²) in [5, 5.41) is 12.3. The number of rotatable bonds is 4. The predicted molar refractivity (Wildman–Crippen MR) is 52.7 cm³/mol. The third kappa shape index (κ3) is 2.66. The maximum atomic E-state index is 8.93. The monoisotopic (exact) mass is 184 g/mol.